The molecule has 6 nitrogen and oxygen atoms in total. The number of rotatable bonds is 14. The van der Waals surface area contributed by atoms with Crippen molar-refractivity contribution in [1.29, 1.82) is 0 Å². The van der Waals surface area contributed by atoms with Crippen molar-refractivity contribution in [3.63, 3.8) is 0 Å². The predicted molar refractivity (Wildman–Crippen MR) is 133 cm³/mol. The van der Waals surface area contributed by atoms with Crippen molar-refractivity contribution < 1.29 is 23.8 Å². The SMILES string of the molecule is C=CCC[C@H](O)CN(CCCOC)CC(=O)N1CCc2sccc2[C@@H]1COc1ccc(F)cc1. The van der Waals surface area contributed by atoms with Crippen LogP contribution in [0.2, 0.25) is 0 Å². The van der Waals surface area contributed by atoms with Crippen molar-refractivity contribution in [2.75, 3.05) is 46.5 Å². The van der Waals surface area contributed by atoms with Crippen LogP contribution in [0.25, 0.3) is 0 Å². The maximum atomic E-state index is 13.5. The number of aliphatic hydroxyl groups excluding tert-OH is 1. The summed E-state index contributed by atoms with van der Waals surface area (Å²) in [4.78, 5) is 18.7. The van der Waals surface area contributed by atoms with Gasteiger partial charge in [0.1, 0.15) is 18.2 Å². The molecule has 186 valence electrons. The fourth-order valence-electron chi connectivity index (χ4n) is 4.23. The van der Waals surface area contributed by atoms with E-state index in [1.165, 1.54) is 17.0 Å². The van der Waals surface area contributed by atoms with Crippen LogP contribution in [0.1, 0.15) is 35.7 Å². The first kappa shape index (κ1) is 26.3. The zero-order chi connectivity index (χ0) is 24.3. The van der Waals surface area contributed by atoms with Crippen LogP contribution in [-0.4, -0.2) is 73.4 Å². The molecule has 1 aliphatic rings. The Morgan fingerprint density at radius 2 is 2.18 bits per heavy atom. The molecule has 1 aromatic heterocycles. The van der Waals surface area contributed by atoms with E-state index in [0.717, 1.165) is 24.8 Å². The minimum atomic E-state index is -0.518. The summed E-state index contributed by atoms with van der Waals surface area (Å²) in [6.07, 6.45) is 4.23. The molecule has 0 bridgehead atoms. The minimum Gasteiger partial charge on any atom is -0.491 e. The van der Waals surface area contributed by atoms with E-state index in [2.05, 4.69) is 18.0 Å². The first-order chi connectivity index (χ1) is 16.5. The summed E-state index contributed by atoms with van der Waals surface area (Å²) >= 11 is 1.70. The number of nitrogens with zero attached hydrogens (tertiary/aromatic N) is 2. The summed E-state index contributed by atoms with van der Waals surface area (Å²) in [5, 5.41) is 12.5. The standard InChI is InChI=1S/C26H35FN2O4S/c1-3-4-6-21(30)17-28(13-5-15-32-2)18-26(31)29-14-11-25-23(12-16-34-25)24(29)19-33-22-9-7-20(27)8-10-22/h3,7-10,12,16,21,24,30H,1,4-6,11,13-15,17-19H2,2H3/t21-,24-/m0/s1. The number of aliphatic hydroxyl groups is 1. The predicted octanol–water partition coefficient (Wildman–Crippen LogP) is 4.06. The second-order valence-electron chi connectivity index (χ2n) is 8.52. The van der Waals surface area contributed by atoms with E-state index in [0.29, 0.717) is 45.0 Å². The van der Waals surface area contributed by atoms with E-state index >= 15 is 0 Å². The van der Waals surface area contributed by atoms with Gasteiger partial charge in [0.25, 0.3) is 0 Å². The van der Waals surface area contributed by atoms with Crippen LogP contribution < -0.4 is 4.74 Å². The Morgan fingerprint density at radius 1 is 1.38 bits per heavy atom. The average molecular weight is 491 g/mol. The van der Waals surface area contributed by atoms with E-state index in [-0.39, 0.29) is 24.3 Å². The average Bonchev–Trinajstić information content (AvgIpc) is 3.31. The minimum absolute atomic E-state index is 0.0119. The summed E-state index contributed by atoms with van der Waals surface area (Å²) in [6, 6.07) is 7.78. The number of halogens is 1. The molecule has 1 N–H and O–H groups in total. The summed E-state index contributed by atoms with van der Waals surface area (Å²) in [6.45, 7) is 6.55. The fraction of sp³-hybridized carbons (Fsp3) is 0.500. The molecule has 0 spiro atoms. The third kappa shape index (κ3) is 7.63. The lowest BCUT2D eigenvalue weighted by molar-refractivity contribution is -0.136. The number of methoxy groups -OCH3 is 1. The second-order valence-corrected chi connectivity index (χ2v) is 9.52. The van der Waals surface area contributed by atoms with E-state index in [4.69, 9.17) is 9.47 Å². The van der Waals surface area contributed by atoms with Gasteiger partial charge in [-0.25, -0.2) is 4.39 Å². The van der Waals surface area contributed by atoms with Crippen molar-refractivity contribution in [3.05, 3.63) is 64.6 Å². The summed E-state index contributed by atoms with van der Waals surface area (Å²) in [7, 11) is 1.66. The molecule has 1 aliphatic heterocycles. The van der Waals surface area contributed by atoms with Crippen LogP contribution in [0, 0.1) is 5.82 Å². The maximum Gasteiger partial charge on any atom is 0.237 e. The number of hydrogen-bond donors (Lipinski definition) is 1. The van der Waals surface area contributed by atoms with Crippen LogP contribution in [0.3, 0.4) is 0 Å². The number of ether oxygens (including phenoxy) is 2. The molecule has 0 saturated carbocycles. The Bertz CT molecular complexity index is 904. The zero-order valence-electron chi connectivity index (χ0n) is 19.8. The van der Waals surface area contributed by atoms with Gasteiger partial charge in [-0.3, -0.25) is 9.69 Å². The normalized spacial score (nSPS) is 16.4. The van der Waals surface area contributed by atoms with Gasteiger partial charge in [-0.15, -0.1) is 17.9 Å². The number of carbonyl (C=O) groups excluding carboxylic acids is 1. The van der Waals surface area contributed by atoms with E-state index in [9.17, 15) is 14.3 Å². The summed E-state index contributed by atoms with van der Waals surface area (Å²) < 4.78 is 24.4. The first-order valence-electron chi connectivity index (χ1n) is 11.8. The Hall–Kier alpha value is -2.26. The van der Waals surface area contributed by atoms with Gasteiger partial charge in [0.05, 0.1) is 18.7 Å². The van der Waals surface area contributed by atoms with Crippen LogP contribution >= 0.6 is 11.3 Å². The fourth-order valence-corrected chi connectivity index (χ4v) is 5.16. The molecule has 1 amide bonds. The van der Waals surface area contributed by atoms with Gasteiger partial charge in [0.2, 0.25) is 5.91 Å². The van der Waals surface area contributed by atoms with Crippen molar-refractivity contribution >= 4 is 17.2 Å². The largest absolute Gasteiger partial charge is 0.491 e. The van der Waals surface area contributed by atoms with Crippen LogP contribution in [0.4, 0.5) is 4.39 Å². The Labute approximate surface area is 205 Å². The first-order valence-corrected chi connectivity index (χ1v) is 12.6. The van der Waals surface area contributed by atoms with Gasteiger partial charge in [-0.2, -0.15) is 0 Å². The molecular formula is C26H35FN2O4S. The van der Waals surface area contributed by atoms with Crippen LogP contribution in [-0.2, 0) is 16.0 Å². The van der Waals surface area contributed by atoms with Crippen molar-refractivity contribution in [1.82, 2.24) is 9.80 Å². The molecule has 1 aromatic carbocycles. The van der Waals surface area contributed by atoms with Crippen molar-refractivity contribution in [3.8, 4) is 5.75 Å². The van der Waals surface area contributed by atoms with Crippen LogP contribution in [0.15, 0.2) is 48.4 Å². The molecule has 2 heterocycles. The van der Waals surface area contributed by atoms with Crippen LogP contribution in [0.5, 0.6) is 5.75 Å². The lowest BCUT2D eigenvalue weighted by atomic mass is 10.0. The zero-order valence-corrected chi connectivity index (χ0v) is 20.6. The molecule has 8 heteroatoms. The number of thiophene rings is 1. The Morgan fingerprint density at radius 3 is 2.91 bits per heavy atom. The third-order valence-electron chi connectivity index (χ3n) is 5.99. The molecule has 2 aromatic rings. The highest BCUT2D eigenvalue weighted by molar-refractivity contribution is 7.10. The molecule has 34 heavy (non-hydrogen) atoms. The molecule has 0 unspecified atom stereocenters. The van der Waals surface area contributed by atoms with Gasteiger partial charge in [-0.05, 0) is 67.0 Å². The van der Waals surface area contributed by atoms with E-state index in [1.54, 1.807) is 36.7 Å². The molecule has 2 atom stereocenters. The lowest BCUT2D eigenvalue weighted by Gasteiger charge is -2.37. The third-order valence-corrected chi connectivity index (χ3v) is 6.99. The van der Waals surface area contributed by atoms with Gasteiger partial charge in [0, 0.05) is 38.2 Å². The number of amides is 1. The molecular weight excluding hydrogens is 455 g/mol. The highest BCUT2D eigenvalue weighted by atomic mass is 32.1. The Balaban J connectivity index is 1.69. The molecule has 0 aliphatic carbocycles. The topological polar surface area (TPSA) is 62.2 Å². The number of allylic oxidation sites excluding steroid dienone is 1. The van der Waals surface area contributed by atoms with E-state index < -0.39 is 6.10 Å². The number of hydrogen-bond acceptors (Lipinski definition) is 6. The second kappa shape index (κ2) is 13.6. The highest BCUT2D eigenvalue weighted by Gasteiger charge is 2.33. The highest BCUT2D eigenvalue weighted by Crippen LogP contribution is 2.34. The van der Waals surface area contributed by atoms with Crippen molar-refractivity contribution in [2.45, 2.75) is 37.8 Å². The van der Waals surface area contributed by atoms with E-state index in [1.807, 2.05) is 9.80 Å². The number of fused-ring (bicyclic) bond motifs is 1. The quantitative estimate of drug-likeness (QED) is 0.320. The van der Waals surface area contributed by atoms with Crippen molar-refractivity contribution in [2.24, 2.45) is 0 Å². The smallest absolute Gasteiger partial charge is 0.237 e. The summed E-state index contributed by atoms with van der Waals surface area (Å²) in [5.74, 6) is 0.270. The number of benzene rings is 1. The van der Waals surface area contributed by atoms with Gasteiger partial charge in [0.15, 0.2) is 0 Å². The maximum absolute atomic E-state index is 13.5. The molecule has 0 saturated heterocycles. The monoisotopic (exact) mass is 490 g/mol. The molecule has 0 fully saturated rings. The number of carbonyl (C=O) groups is 1. The van der Waals surface area contributed by atoms with Gasteiger partial charge < -0.3 is 19.5 Å². The Kier molecular flexibility index (Phi) is 10.5. The lowest BCUT2D eigenvalue weighted by Crippen LogP contribution is -2.48. The summed E-state index contributed by atoms with van der Waals surface area (Å²) in [5.41, 5.74) is 1.11. The van der Waals surface area contributed by atoms with Gasteiger partial charge >= 0.3 is 0 Å². The molecule has 0 radical (unpaired) electrons. The molecule has 3 rings (SSSR count). The van der Waals surface area contributed by atoms with Gasteiger partial charge in [-0.1, -0.05) is 6.08 Å².